The van der Waals surface area contributed by atoms with E-state index in [-0.39, 0.29) is 24.0 Å². The van der Waals surface area contributed by atoms with E-state index in [9.17, 15) is 14.4 Å². The van der Waals surface area contributed by atoms with Gasteiger partial charge in [0.1, 0.15) is 11.3 Å². The van der Waals surface area contributed by atoms with Gasteiger partial charge < -0.3 is 14.5 Å². The Balaban J connectivity index is 1.70. The van der Waals surface area contributed by atoms with Crippen LogP contribution in [0.2, 0.25) is 5.02 Å². The number of aryl methyl sites for hydroxylation is 1. The number of carbonyl (C=O) groups excluding carboxylic acids is 2. The number of rotatable bonds is 5. The fourth-order valence-electron chi connectivity index (χ4n) is 2.72. The number of halogens is 1. The highest BCUT2D eigenvalue weighted by Crippen LogP contribution is 2.31. The Labute approximate surface area is 178 Å². The second-order valence-electron chi connectivity index (χ2n) is 8.02. The monoisotopic (exact) mass is 427 g/mol. The third-order valence-electron chi connectivity index (χ3n) is 4.51. The quantitative estimate of drug-likeness (QED) is 0.457. The molecule has 0 spiro atoms. The summed E-state index contributed by atoms with van der Waals surface area (Å²) in [6, 6.07) is 11.1. The molecule has 0 bridgehead atoms. The Kier molecular flexibility index (Phi) is 5.99. The van der Waals surface area contributed by atoms with E-state index in [2.05, 4.69) is 5.32 Å². The van der Waals surface area contributed by atoms with Gasteiger partial charge in [-0.1, -0.05) is 32.4 Å². The van der Waals surface area contributed by atoms with E-state index in [4.69, 9.17) is 20.8 Å². The number of ketones is 1. The molecule has 2 aromatic carbocycles. The molecule has 0 radical (unpaired) electrons. The van der Waals surface area contributed by atoms with Crippen molar-refractivity contribution < 1.29 is 18.7 Å². The molecule has 0 atom stereocenters. The maximum atomic E-state index is 12.5. The summed E-state index contributed by atoms with van der Waals surface area (Å²) in [5.41, 5.74) is 1.13. The lowest BCUT2D eigenvalue weighted by molar-refractivity contribution is -0.123. The summed E-state index contributed by atoms with van der Waals surface area (Å²) >= 11 is 6.25. The normalized spacial score (nSPS) is 11.4. The van der Waals surface area contributed by atoms with Crippen molar-refractivity contribution in [1.82, 2.24) is 0 Å². The maximum Gasteiger partial charge on any atom is 0.336 e. The number of Topliss-reactive ketones (excluding diaryl/α,β-unsaturated/α-hetero) is 1. The Hall–Kier alpha value is -3.12. The molecule has 1 heterocycles. The van der Waals surface area contributed by atoms with Crippen molar-refractivity contribution in [2.45, 2.75) is 27.7 Å². The predicted octanol–water partition coefficient (Wildman–Crippen LogP) is 5.00. The van der Waals surface area contributed by atoms with E-state index in [0.29, 0.717) is 27.2 Å². The van der Waals surface area contributed by atoms with Gasteiger partial charge in [0.2, 0.25) is 5.91 Å². The smallest absolute Gasteiger partial charge is 0.336 e. The average Bonchev–Trinajstić information content (AvgIpc) is 2.66. The summed E-state index contributed by atoms with van der Waals surface area (Å²) < 4.78 is 10.8. The van der Waals surface area contributed by atoms with Gasteiger partial charge in [-0.25, -0.2) is 4.79 Å². The fraction of sp³-hybridized carbons (Fsp3) is 0.261. The van der Waals surface area contributed by atoms with Crippen molar-refractivity contribution in [3.8, 4) is 5.75 Å². The van der Waals surface area contributed by atoms with Crippen molar-refractivity contribution in [2.75, 3.05) is 11.9 Å². The first-order valence-corrected chi connectivity index (χ1v) is 9.74. The number of benzene rings is 2. The summed E-state index contributed by atoms with van der Waals surface area (Å²) in [6.07, 6.45) is 0. The first kappa shape index (κ1) is 21.6. The van der Waals surface area contributed by atoms with Crippen molar-refractivity contribution in [2.24, 2.45) is 5.41 Å². The molecule has 0 fully saturated rings. The van der Waals surface area contributed by atoms with E-state index < -0.39 is 11.0 Å². The molecule has 0 saturated carbocycles. The van der Waals surface area contributed by atoms with Gasteiger partial charge in [-0.15, -0.1) is 0 Å². The maximum absolute atomic E-state index is 12.5. The number of hydrogen-bond acceptors (Lipinski definition) is 5. The summed E-state index contributed by atoms with van der Waals surface area (Å²) in [5, 5.41) is 3.82. The zero-order chi connectivity index (χ0) is 22.1. The Morgan fingerprint density at radius 1 is 1.10 bits per heavy atom. The van der Waals surface area contributed by atoms with Crippen LogP contribution in [0.25, 0.3) is 11.0 Å². The van der Waals surface area contributed by atoms with Gasteiger partial charge in [0.05, 0.1) is 5.02 Å². The molecule has 1 amide bonds. The lowest BCUT2D eigenvalue weighted by Crippen LogP contribution is -2.27. The van der Waals surface area contributed by atoms with Gasteiger partial charge in [-0.3, -0.25) is 9.59 Å². The van der Waals surface area contributed by atoms with Crippen molar-refractivity contribution in [3.63, 3.8) is 0 Å². The van der Waals surface area contributed by atoms with E-state index in [1.807, 2.05) is 20.8 Å². The second kappa shape index (κ2) is 8.32. The Bertz CT molecular complexity index is 1170. The van der Waals surface area contributed by atoms with E-state index in [1.54, 1.807) is 37.3 Å². The Morgan fingerprint density at radius 3 is 2.40 bits per heavy atom. The molecular weight excluding hydrogens is 406 g/mol. The minimum atomic E-state index is -0.515. The molecule has 0 aliphatic carbocycles. The molecule has 1 aromatic heterocycles. The van der Waals surface area contributed by atoms with Crippen molar-refractivity contribution in [3.05, 3.63) is 69.0 Å². The fourth-order valence-corrected chi connectivity index (χ4v) is 2.93. The van der Waals surface area contributed by atoms with Crippen molar-refractivity contribution >= 4 is 39.9 Å². The second-order valence-corrected chi connectivity index (χ2v) is 8.43. The molecule has 30 heavy (non-hydrogen) atoms. The molecule has 3 aromatic rings. The zero-order valence-corrected chi connectivity index (χ0v) is 17.9. The molecule has 0 saturated heterocycles. The van der Waals surface area contributed by atoms with Gasteiger partial charge >= 0.3 is 5.63 Å². The van der Waals surface area contributed by atoms with Crippen LogP contribution in [0.1, 0.15) is 36.7 Å². The third kappa shape index (κ3) is 4.89. The standard InChI is InChI=1S/C23H22ClNO5/c1-13-9-21(27)30-19-11-20(17(24)10-16(13)19)29-12-18(26)14-5-7-15(8-6-14)25-22(28)23(2,3)4/h5-11H,12H2,1-4H3,(H,25,28). The van der Waals surface area contributed by atoms with E-state index >= 15 is 0 Å². The molecule has 156 valence electrons. The number of fused-ring (bicyclic) bond motifs is 1. The highest BCUT2D eigenvalue weighted by Gasteiger charge is 2.21. The molecule has 0 unspecified atom stereocenters. The first-order valence-electron chi connectivity index (χ1n) is 9.36. The number of hydrogen-bond donors (Lipinski definition) is 1. The van der Waals surface area contributed by atoms with Gasteiger partial charge in [0.25, 0.3) is 0 Å². The molecule has 6 nitrogen and oxygen atoms in total. The van der Waals surface area contributed by atoms with Gasteiger partial charge in [0.15, 0.2) is 12.4 Å². The highest BCUT2D eigenvalue weighted by atomic mass is 35.5. The minimum absolute atomic E-state index is 0.113. The van der Waals surface area contributed by atoms with Crippen LogP contribution in [-0.4, -0.2) is 18.3 Å². The average molecular weight is 428 g/mol. The third-order valence-corrected chi connectivity index (χ3v) is 4.80. The summed E-state index contributed by atoms with van der Waals surface area (Å²) in [6.45, 7) is 7.01. The van der Waals surface area contributed by atoms with Gasteiger partial charge in [0, 0.05) is 34.2 Å². The lowest BCUT2D eigenvalue weighted by Gasteiger charge is -2.17. The zero-order valence-electron chi connectivity index (χ0n) is 17.2. The number of ether oxygens (including phenoxy) is 1. The van der Waals surface area contributed by atoms with Gasteiger partial charge in [-0.05, 0) is 42.8 Å². The first-order chi connectivity index (χ1) is 14.0. The molecule has 0 aliphatic rings. The Morgan fingerprint density at radius 2 is 1.77 bits per heavy atom. The largest absolute Gasteiger partial charge is 0.484 e. The lowest BCUT2D eigenvalue weighted by atomic mass is 9.95. The minimum Gasteiger partial charge on any atom is -0.484 e. The van der Waals surface area contributed by atoms with Crippen LogP contribution >= 0.6 is 11.6 Å². The van der Waals surface area contributed by atoms with Crippen molar-refractivity contribution in [1.29, 1.82) is 0 Å². The summed E-state index contributed by atoms with van der Waals surface area (Å²) in [4.78, 5) is 36.1. The van der Waals surface area contributed by atoms with Crippen LogP contribution < -0.4 is 15.7 Å². The van der Waals surface area contributed by atoms with E-state index in [0.717, 1.165) is 5.56 Å². The summed E-state index contributed by atoms with van der Waals surface area (Å²) in [7, 11) is 0. The van der Waals surface area contributed by atoms with E-state index in [1.165, 1.54) is 12.1 Å². The van der Waals surface area contributed by atoms with Crippen LogP contribution in [0.3, 0.4) is 0 Å². The molecule has 0 aliphatic heterocycles. The summed E-state index contributed by atoms with van der Waals surface area (Å²) in [5.74, 6) is -0.122. The van der Waals surface area contributed by atoms with Crippen LogP contribution in [0.15, 0.2) is 51.7 Å². The number of carbonyl (C=O) groups is 2. The van der Waals surface area contributed by atoms with Crippen LogP contribution in [0.4, 0.5) is 5.69 Å². The number of nitrogens with one attached hydrogen (secondary N) is 1. The molecular formula is C23H22ClNO5. The van der Waals surface area contributed by atoms with Crippen LogP contribution in [0, 0.1) is 12.3 Å². The van der Waals surface area contributed by atoms with Gasteiger partial charge in [-0.2, -0.15) is 0 Å². The predicted molar refractivity (Wildman–Crippen MR) is 117 cm³/mol. The SMILES string of the molecule is Cc1cc(=O)oc2cc(OCC(=O)c3ccc(NC(=O)C(C)(C)C)cc3)c(Cl)cc12. The molecule has 7 heteroatoms. The van der Waals surface area contributed by atoms with Crippen LogP contribution in [0.5, 0.6) is 5.75 Å². The highest BCUT2D eigenvalue weighted by molar-refractivity contribution is 6.32. The molecule has 1 N–H and O–H groups in total. The topological polar surface area (TPSA) is 85.6 Å². The van der Waals surface area contributed by atoms with Crippen LogP contribution in [-0.2, 0) is 4.79 Å². The number of anilines is 1. The number of amides is 1. The molecule has 3 rings (SSSR count).